The molecule has 0 atom stereocenters. The van der Waals surface area contributed by atoms with Gasteiger partial charge in [0, 0.05) is 0 Å². The molecular weight excluding hydrogens is 168 g/mol. The average Bonchev–Trinajstić information content (AvgIpc) is 2.18. The Labute approximate surface area is 76.0 Å². The van der Waals surface area contributed by atoms with Gasteiger partial charge in [0.25, 0.3) is 0 Å². The maximum Gasteiger partial charge on any atom is 0.337 e. The van der Waals surface area contributed by atoms with E-state index in [1.807, 2.05) is 0 Å². The topological polar surface area (TPSA) is 64.7 Å². The Balaban J connectivity index is 2.98. The molecule has 2 N–H and O–H groups in total. The minimum atomic E-state index is -0.368. The first-order valence-electron chi connectivity index (χ1n) is 3.69. The summed E-state index contributed by atoms with van der Waals surface area (Å²) in [5, 5.41) is 3.36. The van der Waals surface area contributed by atoms with Gasteiger partial charge in [0.05, 0.1) is 18.9 Å². The standard InChI is InChI=1S/C9H10N2O2/c1-13-9(12)8-4-2-3-7(5-8)6-11-10/h2-6H,10H2,1H3. The summed E-state index contributed by atoms with van der Waals surface area (Å²) in [6.45, 7) is 0. The number of benzene rings is 1. The summed E-state index contributed by atoms with van der Waals surface area (Å²) in [5.41, 5.74) is 1.25. The zero-order chi connectivity index (χ0) is 9.68. The normalized spacial score (nSPS) is 10.2. The van der Waals surface area contributed by atoms with Crippen molar-refractivity contribution in [1.82, 2.24) is 0 Å². The smallest absolute Gasteiger partial charge is 0.337 e. The highest BCUT2D eigenvalue weighted by atomic mass is 16.5. The van der Waals surface area contributed by atoms with E-state index in [0.717, 1.165) is 5.56 Å². The van der Waals surface area contributed by atoms with E-state index in [1.54, 1.807) is 24.3 Å². The third-order valence-electron chi connectivity index (χ3n) is 1.53. The van der Waals surface area contributed by atoms with Crippen molar-refractivity contribution in [1.29, 1.82) is 0 Å². The second-order valence-corrected chi connectivity index (χ2v) is 2.40. The number of carbonyl (C=O) groups is 1. The van der Waals surface area contributed by atoms with Crippen LogP contribution < -0.4 is 5.84 Å². The fourth-order valence-electron chi connectivity index (χ4n) is 0.950. The highest BCUT2D eigenvalue weighted by Gasteiger charge is 2.03. The summed E-state index contributed by atoms with van der Waals surface area (Å²) in [6.07, 6.45) is 1.46. The van der Waals surface area contributed by atoms with Crippen LogP contribution in [0.25, 0.3) is 0 Å². The Kier molecular flexibility index (Phi) is 3.03. The van der Waals surface area contributed by atoms with Crippen LogP contribution in [0.3, 0.4) is 0 Å². The molecule has 1 aromatic carbocycles. The van der Waals surface area contributed by atoms with Crippen molar-refractivity contribution in [2.75, 3.05) is 7.11 Å². The van der Waals surface area contributed by atoms with Gasteiger partial charge in [-0.3, -0.25) is 0 Å². The molecule has 0 saturated heterocycles. The quantitative estimate of drug-likeness (QED) is 0.315. The number of hydrazone groups is 1. The lowest BCUT2D eigenvalue weighted by atomic mass is 10.1. The molecule has 0 spiro atoms. The van der Waals surface area contributed by atoms with Crippen molar-refractivity contribution in [2.24, 2.45) is 10.9 Å². The van der Waals surface area contributed by atoms with E-state index in [2.05, 4.69) is 9.84 Å². The first kappa shape index (κ1) is 9.25. The van der Waals surface area contributed by atoms with Gasteiger partial charge in [0.1, 0.15) is 0 Å². The summed E-state index contributed by atoms with van der Waals surface area (Å²) in [5.74, 6) is 4.60. The maximum absolute atomic E-state index is 11.1. The molecule has 13 heavy (non-hydrogen) atoms. The largest absolute Gasteiger partial charge is 0.465 e. The maximum atomic E-state index is 11.1. The predicted molar refractivity (Wildman–Crippen MR) is 49.6 cm³/mol. The molecule has 0 aliphatic heterocycles. The minimum Gasteiger partial charge on any atom is -0.465 e. The van der Waals surface area contributed by atoms with Crippen LogP contribution in [0.5, 0.6) is 0 Å². The molecule has 4 heteroatoms. The van der Waals surface area contributed by atoms with Crippen LogP contribution in [-0.2, 0) is 4.74 Å². The van der Waals surface area contributed by atoms with Crippen LogP contribution in [0, 0.1) is 0 Å². The number of esters is 1. The lowest BCUT2D eigenvalue weighted by molar-refractivity contribution is 0.0600. The van der Waals surface area contributed by atoms with Crippen LogP contribution in [0.2, 0.25) is 0 Å². The van der Waals surface area contributed by atoms with E-state index in [0.29, 0.717) is 5.56 Å². The van der Waals surface area contributed by atoms with Gasteiger partial charge in [0.2, 0.25) is 0 Å². The van der Waals surface area contributed by atoms with Crippen molar-refractivity contribution in [3.8, 4) is 0 Å². The van der Waals surface area contributed by atoms with E-state index in [1.165, 1.54) is 13.3 Å². The zero-order valence-corrected chi connectivity index (χ0v) is 7.23. The fraction of sp³-hybridized carbons (Fsp3) is 0.111. The molecular formula is C9H10N2O2. The second kappa shape index (κ2) is 4.25. The Hall–Kier alpha value is -1.84. The highest BCUT2D eigenvalue weighted by Crippen LogP contribution is 2.04. The number of hydrogen-bond donors (Lipinski definition) is 1. The van der Waals surface area contributed by atoms with Gasteiger partial charge in [-0.15, -0.1) is 0 Å². The lowest BCUT2D eigenvalue weighted by Crippen LogP contribution is -2.01. The molecule has 1 aromatic rings. The molecule has 68 valence electrons. The van der Waals surface area contributed by atoms with Crippen molar-refractivity contribution < 1.29 is 9.53 Å². The minimum absolute atomic E-state index is 0.368. The predicted octanol–water partition coefficient (Wildman–Crippen LogP) is 0.766. The first-order valence-corrected chi connectivity index (χ1v) is 3.69. The van der Waals surface area contributed by atoms with E-state index >= 15 is 0 Å². The van der Waals surface area contributed by atoms with E-state index in [4.69, 9.17) is 5.84 Å². The Morgan fingerprint density at radius 2 is 2.38 bits per heavy atom. The molecule has 0 aliphatic carbocycles. The van der Waals surface area contributed by atoms with Crippen molar-refractivity contribution in [2.45, 2.75) is 0 Å². The molecule has 0 fully saturated rings. The average molecular weight is 178 g/mol. The van der Waals surface area contributed by atoms with Crippen LogP contribution >= 0.6 is 0 Å². The SMILES string of the molecule is COC(=O)c1cccc(C=NN)c1. The molecule has 0 heterocycles. The van der Waals surface area contributed by atoms with E-state index in [9.17, 15) is 4.79 Å². The molecule has 0 radical (unpaired) electrons. The van der Waals surface area contributed by atoms with Gasteiger partial charge >= 0.3 is 5.97 Å². The van der Waals surface area contributed by atoms with Gasteiger partial charge < -0.3 is 10.6 Å². The number of nitrogens with zero attached hydrogens (tertiary/aromatic N) is 1. The third-order valence-corrected chi connectivity index (χ3v) is 1.53. The molecule has 0 bridgehead atoms. The molecule has 0 saturated carbocycles. The Morgan fingerprint density at radius 3 is 3.00 bits per heavy atom. The monoisotopic (exact) mass is 178 g/mol. The number of carbonyl (C=O) groups excluding carboxylic acids is 1. The molecule has 1 rings (SSSR count). The lowest BCUT2D eigenvalue weighted by Gasteiger charge is -1.98. The van der Waals surface area contributed by atoms with E-state index in [-0.39, 0.29) is 5.97 Å². The molecule has 0 aromatic heterocycles. The van der Waals surface area contributed by atoms with Gasteiger partial charge in [-0.25, -0.2) is 4.79 Å². The number of hydrogen-bond acceptors (Lipinski definition) is 4. The molecule has 0 unspecified atom stereocenters. The molecule has 0 amide bonds. The summed E-state index contributed by atoms with van der Waals surface area (Å²) in [4.78, 5) is 11.1. The molecule has 4 nitrogen and oxygen atoms in total. The number of rotatable bonds is 2. The fourth-order valence-corrected chi connectivity index (χ4v) is 0.950. The van der Waals surface area contributed by atoms with Crippen LogP contribution in [0.1, 0.15) is 15.9 Å². The van der Waals surface area contributed by atoms with Gasteiger partial charge in [0.15, 0.2) is 0 Å². The van der Waals surface area contributed by atoms with Crippen LogP contribution in [-0.4, -0.2) is 19.3 Å². The van der Waals surface area contributed by atoms with Gasteiger partial charge in [-0.2, -0.15) is 5.10 Å². The summed E-state index contributed by atoms with van der Waals surface area (Å²) >= 11 is 0. The Bertz CT molecular complexity index is 334. The summed E-state index contributed by atoms with van der Waals surface area (Å²) in [7, 11) is 1.34. The van der Waals surface area contributed by atoms with Gasteiger partial charge in [-0.05, 0) is 17.7 Å². The van der Waals surface area contributed by atoms with Gasteiger partial charge in [-0.1, -0.05) is 12.1 Å². The second-order valence-electron chi connectivity index (χ2n) is 2.40. The number of ether oxygens (including phenoxy) is 1. The first-order chi connectivity index (χ1) is 6.27. The number of methoxy groups -OCH3 is 1. The van der Waals surface area contributed by atoms with Crippen LogP contribution in [0.15, 0.2) is 29.4 Å². The summed E-state index contributed by atoms with van der Waals surface area (Å²) in [6, 6.07) is 6.86. The zero-order valence-electron chi connectivity index (χ0n) is 7.23. The van der Waals surface area contributed by atoms with Crippen molar-refractivity contribution in [3.05, 3.63) is 35.4 Å². The summed E-state index contributed by atoms with van der Waals surface area (Å²) < 4.78 is 4.55. The third kappa shape index (κ3) is 2.30. The van der Waals surface area contributed by atoms with Crippen molar-refractivity contribution in [3.63, 3.8) is 0 Å². The number of nitrogens with two attached hydrogens (primary N) is 1. The van der Waals surface area contributed by atoms with Crippen molar-refractivity contribution >= 4 is 12.2 Å². The Morgan fingerprint density at radius 1 is 1.62 bits per heavy atom. The van der Waals surface area contributed by atoms with E-state index < -0.39 is 0 Å². The van der Waals surface area contributed by atoms with Crippen LogP contribution in [0.4, 0.5) is 0 Å². The highest BCUT2D eigenvalue weighted by molar-refractivity contribution is 5.92. The molecule has 0 aliphatic rings.